The molecule has 0 fully saturated rings. The average molecular weight is 471 g/mol. The number of guanidine groups is 1. The summed E-state index contributed by atoms with van der Waals surface area (Å²) in [5.74, 6) is 1.72. The Labute approximate surface area is 173 Å². The van der Waals surface area contributed by atoms with E-state index >= 15 is 0 Å². The molecular formula is C20H30IN3O2. The van der Waals surface area contributed by atoms with Gasteiger partial charge in [0.1, 0.15) is 12.4 Å². The Morgan fingerprint density at radius 2 is 1.96 bits per heavy atom. The second-order valence-electron chi connectivity index (χ2n) is 5.91. The zero-order valence-electron chi connectivity index (χ0n) is 15.7. The van der Waals surface area contributed by atoms with Gasteiger partial charge in [-0.25, -0.2) is 0 Å². The van der Waals surface area contributed by atoms with Crippen LogP contribution in [0.5, 0.6) is 0 Å². The lowest BCUT2D eigenvalue weighted by Crippen LogP contribution is -2.38. The molecule has 0 unspecified atom stereocenters. The van der Waals surface area contributed by atoms with Crippen LogP contribution in [-0.4, -0.2) is 32.2 Å². The van der Waals surface area contributed by atoms with E-state index in [0.717, 1.165) is 44.2 Å². The number of aryl methyl sites for hydroxylation is 1. The molecule has 0 radical (unpaired) electrons. The fourth-order valence-electron chi connectivity index (χ4n) is 2.35. The van der Waals surface area contributed by atoms with Crippen molar-refractivity contribution in [2.75, 3.05) is 26.2 Å². The van der Waals surface area contributed by atoms with Gasteiger partial charge < -0.3 is 19.8 Å². The first-order valence-corrected chi connectivity index (χ1v) is 8.96. The van der Waals surface area contributed by atoms with E-state index in [1.165, 1.54) is 11.1 Å². The van der Waals surface area contributed by atoms with Gasteiger partial charge in [0, 0.05) is 26.2 Å². The minimum absolute atomic E-state index is 0. The highest BCUT2D eigenvalue weighted by Crippen LogP contribution is 2.03. The van der Waals surface area contributed by atoms with Gasteiger partial charge in [-0.15, -0.1) is 24.0 Å². The minimum Gasteiger partial charge on any atom is -0.467 e. The standard InChI is InChI=1S/C20H29N3O2.HI/c1-3-21-20(23-13-11-18-9-7-17(2)8-10-18)22-12-5-14-24-16-19-6-4-15-25-19;/h4,6-10,15H,3,5,11-14,16H2,1-2H3,(H2,21,22,23);1H. The molecule has 6 heteroatoms. The molecule has 0 bridgehead atoms. The maximum Gasteiger partial charge on any atom is 0.191 e. The zero-order valence-corrected chi connectivity index (χ0v) is 18.0. The molecule has 144 valence electrons. The van der Waals surface area contributed by atoms with Crippen molar-refractivity contribution in [3.05, 3.63) is 59.5 Å². The maximum atomic E-state index is 5.56. The first-order valence-electron chi connectivity index (χ1n) is 8.96. The molecule has 0 spiro atoms. The molecule has 5 nitrogen and oxygen atoms in total. The SMILES string of the molecule is CCNC(=NCCCOCc1ccco1)NCCc1ccc(C)cc1.I. The van der Waals surface area contributed by atoms with Crippen LogP contribution in [0, 0.1) is 6.92 Å². The van der Waals surface area contributed by atoms with Gasteiger partial charge in [0.15, 0.2) is 5.96 Å². The monoisotopic (exact) mass is 471 g/mol. The molecule has 2 aromatic rings. The fraction of sp³-hybridized carbons (Fsp3) is 0.450. The van der Waals surface area contributed by atoms with Crippen molar-refractivity contribution in [1.82, 2.24) is 10.6 Å². The molecule has 2 rings (SSSR count). The number of hydrogen-bond donors (Lipinski definition) is 2. The highest BCUT2D eigenvalue weighted by Gasteiger charge is 1.99. The topological polar surface area (TPSA) is 58.8 Å². The third-order valence-corrected chi connectivity index (χ3v) is 3.71. The van der Waals surface area contributed by atoms with Crippen molar-refractivity contribution in [2.24, 2.45) is 4.99 Å². The summed E-state index contributed by atoms with van der Waals surface area (Å²) >= 11 is 0. The summed E-state index contributed by atoms with van der Waals surface area (Å²) in [4.78, 5) is 4.58. The van der Waals surface area contributed by atoms with Crippen LogP contribution in [0.4, 0.5) is 0 Å². The molecule has 0 saturated carbocycles. The zero-order chi connectivity index (χ0) is 17.7. The predicted octanol–water partition coefficient (Wildman–Crippen LogP) is 3.91. The van der Waals surface area contributed by atoms with E-state index in [9.17, 15) is 0 Å². The van der Waals surface area contributed by atoms with E-state index < -0.39 is 0 Å². The molecule has 26 heavy (non-hydrogen) atoms. The Bertz CT molecular complexity index is 612. The van der Waals surface area contributed by atoms with Gasteiger partial charge in [-0.3, -0.25) is 4.99 Å². The Balaban J connectivity index is 0.00000338. The van der Waals surface area contributed by atoms with Gasteiger partial charge in [0.05, 0.1) is 6.26 Å². The van der Waals surface area contributed by atoms with Crippen LogP contribution < -0.4 is 10.6 Å². The van der Waals surface area contributed by atoms with E-state index in [1.54, 1.807) is 6.26 Å². The van der Waals surface area contributed by atoms with Crippen LogP contribution in [0.1, 0.15) is 30.2 Å². The van der Waals surface area contributed by atoms with Crippen LogP contribution in [0.25, 0.3) is 0 Å². The van der Waals surface area contributed by atoms with Crippen molar-refractivity contribution >= 4 is 29.9 Å². The van der Waals surface area contributed by atoms with Gasteiger partial charge in [-0.05, 0) is 44.4 Å². The lowest BCUT2D eigenvalue weighted by atomic mass is 10.1. The normalized spacial score (nSPS) is 11.1. The van der Waals surface area contributed by atoms with Crippen molar-refractivity contribution in [1.29, 1.82) is 0 Å². The van der Waals surface area contributed by atoms with E-state index in [4.69, 9.17) is 9.15 Å². The van der Waals surface area contributed by atoms with E-state index in [-0.39, 0.29) is 24.0 Å². The summed E-state index contributed by atoms with van der Waals surface area (Å²) in [6, 6.07) is 12.4. The largest absolute Gasteiger partial charge is 0.467 e. The summed E-state index contributed by atoms with van der Waals surface area (Å²) < 4.78 is 10.8. The molecule has 1 aromatic carbocycles. The third-order valence-electron chi connectivity index (χ3n) is 3.71. The summed E-state index contributed by atoms with van der Waals surface area (Å²) in [5.41, 5.74) is 2.63. The quantitative estimate of drug-likeness (QED) is 0.239. The Kier molecular flexibility index (Phi) is 11.8. The molecule has 0 atom stereocenters. The molecule has 1 aromatic heterocycles. The predicted molar refractivity (Wildman–Crippen MR) is 117 cm³/mol. The van der Waals surface area contributed by atoms with Gasteiger partial charge >= 0.3 is 0 Å². The van der Waals surface area contributed by atoms with Crippen molar-refractivity contribution in [3.8, 4) is 0 Å². The second-order valence-corrected chi connectivity index (χ2v) is 5.91. The van der Waals surface area contributed by atoms with Crippen molar-refractivity contribution in [2.45, 2.75) is 33.3 Å². The van der Waals surface area contributed by atoms with E-state index in [2.05, 4.69) is 53.7 Å². The van der Waals surface area contributed by atoms with Crippen LogP contribution in [0.15, 0.2) is 52.1 Å². The first kappa shape index (κ1) is 22.5. The average Bonchev–Trinajstić information content (AvgIpc) is 3.13. The number of furan rings is 1. The highest BCUT2D eigenvalue weighted by atomic mass is 127. The van der Waals surface area contributed by atoms with Gasteiger partial charge in [-0.1, -0.05) is 29.8 Å². The number of hydrogen-bond acceptors (Lipinski definition) is 3. The van der Waals surface area contributed by atoms with Crippen molar-refractivity contribution < 1.29 is 9.15 Å². The number of nitrogens with one attached hydrogen (secondary N) is 2. The number of rotatable bonds is 10. The number of benzene rings is 1. The summed E-state index contributed by atoms with van der Waals surface area (Å²) in [6.07, 6.45) is 3.53. The molecule has 0 aliphatic heterocycles. The van der Waals surface area contributed by atoms with Gasteiger partial charge in [0.25, 0.3) is 0 Å². The fourth-order valence-corrected chi connectivity index (χ4v) is 2.35. The lowest BCUT2D eigenvalue weighted by Gasteiger charge is -2.11. The Hall–Kier alpha value is -1.54. The second kappa shape index (κ2) is 13.6. The number of ether oxygens (including phenoxy) is 1. The Morgan fingerprint density at radius 3 is 2.65 bits per heavy atom. The van der Waals surface area contributed by atoms with E-state index in [0.29, 0.717) is 13.2 Å². The molecular weight excluding hydrogens is 441 g/mol. The Morgan fingerprint density at radius 1 is 1.15 bits per heavy atom. The van der Waals surface area contributed by atoms with Gasteiger partial charge in [0.2, 0.25) is 0 Å². The molecule has 2 N–H and O–H groups in total. The summed E-state index contributed by atoms with van der Waals surface area (Å²) in [5, 5.41) is 6.65. The molecule has 0 saturated heterocycles. The number of halogens is 1. The number of nitrogens with zero attached hydrogens (tertiary/aromatic N) is 1. The summed E-state index contributed by atoms with van der Waals surface area (Å²) in [6.45, 7) is 7.83. The highest BCUT2D eigenvalue weighted by molar-refractivity contribution is 14.0. The smallest absolute Gasteiger partial charge is 0.191 e. The van der Waals surface area contributed by atoms with Crippen LogP contribution in [0.3, 0.4) is 0 Å². The minimum atomic E-state index is 0. The molecule has 1 heterocycles. The van der Waals surface area contributed by atoms with Gasteiger partial charge in [-0.2, -0.15) is 0 Å². The lowest BCUT2D eigenvalue weighted by molar-refractivity contribution is 0.105. The first-order chi connectivity index (χ1) is 12.3. The number of aliphatic imine (C=N–C) groups is 1. The van der Waals surface area contributed by atoms with Crippen LogP contribution >= 0.6 is 24.0 Å². The van der Waals surface area contributed by atoms with Crippen LogP contribution in [0.2, 0.25) is 0 Å². The molecule has 0 aliphatic rings. The third kappa shape index (κ3) is 9.24. The molecule has 0 aliphatic carbocycles. The summed E-state index contributed by atoms with van der Waals surface area (Å²) in [7, 11) is 0. The molecule has 0 amide bonds. The maximum absolute atomic E-state index is 5.56. The van der Waals surface area contributed by atoms with E-state index in [1.807, 2.05) is 12.1 Å². The van der Waals surface area contributed by atoms with Crippen molar-refractivity contribution in [3.63, 3.8) is 0 Å². The van der Waals surface area contributed by atoms with Crippen LogP contribution in [-0.2, 0) is 17.8 Å².